The molecule has 0 unspecified atom stereocenters. The number of nitrogens with zero attached hydrogens (tertiary/aromatic N) is 2. The molecule has 3 N–H and O–H groups in total. The minimum Gasteiger partial charge on any atom is -0.464 e. The summed E-state index contributed by atoms with van der Waals surface area (Å²) in [6.07, 6.45) is 0.246. The van der Waals surface area contributed by atoms with E-state index in [-0.39, 0.29) is 5.95 Å². The number of anilines is 1. The highest BCUT2D eigenvalue weighted by Gasteiger charge is 2.06. The SMILES string of the molecule is Cc1cn(C(=O)O)c(N)n1. The van der Waals surface area contributed by atoms with Crippen molar-refractivity contribution in [3.8, 4) is 0 Å². The van der Waals surface area contributed by atoms with Crippen LogP contribution in [0.15, 0.2) is 6.20 Å². The second kappa shape index (κ2) is 2.02. The molecular weight excluding hydrogens is 134 g/mol. The largest absolute Gasteiger partial charge is 0.464 e. The van der Waals surface area contributed by atoms with Gasteiger partial charge >= 0.3 is 6.09 Å². The predicted octanol–water partition coefficient (Wildman–Crippen LogP) is 0.300. The van der Waals surface area contributed by atoms with Crippen molar-refractivity contribution in [3.63, 3.8) is 0 Å². The molecule has 1 rings (SSSR count). The molecular formula is C5H7N3O2. The summed E-state index contributed by atoms with van der Waals surface area (Å²) in [5, 5.41) is 8.42. The highest BCUT2D eigenvalue weighted by atomic mass is 16.4. The fourth-order valence-electron chi connectivity index (χ4n) is 0.670. The second-order valence-electron chi connectivity index (χ2n) is 1.89. The van der Waals surface area contributed by atoms with E-state index in [1.807, 2.05) is 0 Å². The molecule has 0 aliphatic carbocycles. The van der Waals surface area contributed by atoms with E-state index >= 15 is 0 Å². The van der Waals surface area contributed by atoms with Gasteiger partial charge in [-0.2, -0.15) is 0 Å². The maximum Gasteiger partial charge on any atom is 0.418 e. The number of aromatic nitrogens is 2. The van der Waals surface area contributed by atoms with Crippen molar-refractivity contribution in [2.45, 2.75) is 6.92 Å². The number of nitrogens with two attached hydrogens (primary N) is 1. The summed E-state index contributed by atoms with van der Waals surface area (Å²) in [6.45, 7) is 1.68. The van der Waals surface area contributed by atoms with Crippen molar-refractivity contribution in [1.82, 2.24) is 9.55 Å². The number of rotatable bonds is 0. The molecule has 0 bridgehead atoms. The summed E-state index contributed by atoms with van der Waals surface area (Å²) in [6, 6.07) is 0. The molecule has 0 amide bonds. The summed E-state index contributed by atoms with van der Waals surface area (Å²) in [7, 11) is 0. The van der Waals surface area contributed by atoms with Crippen molar-refractivity contribution in [3.05, 3.63) is 11.9 Å². The zero-order valence-electron chi connectivity index (χ0n) is 5.40. The molecule has 0 aromatic carbocycles. The van der Waals surface area contributed by atoms with E-state index in [9.17, 15) is 4.79 Å². The molecule has 0 spiro atoms. The van der Waals surface area contributed by atoms with Gasteiger partial charge in [0, 0.05) is 6.20 Å². The maximum absolute atomic E-state index is 10.3. The van der Waals surface area contributed by atoms with Crippen LogP contribution < -0.4 is 5.73 Å². The van der Waals surface area contributed by atoms with Gasteiger partial charge in [0.15, 0.2) is 0 Å². The monoisotopic (exact) mass is 141 g/mol. The third-order valence-corrected chi connectivity index (χ3v) is 1.06. The Labute approximate surface area is 57.1 Å². The first-order chi connectivity index (χ1) is 4.61. The minimum atomic E-state index is -1.11. The van der Waals surface area contributed by atoms with E-state index < -0.39 is 6.09 Å². The molecule has 1 aromatic heterocycles. The molecule has 5 nitrogen and oxygen atoms in total. The van der Waals surface area contributed by atoms with Gasteiger partial charge in [0.05, 0.1) is 5.69 Å². The Kier molecular flexibility index (Phi) is 1.33. The lowest BCUT2D eigenvalue weighted by Crippen LogP contribution is -2.09. The molecule has 0 saturated carbocycles. The van der Waals surface area contributed by atoms with Gasteiger partial charge in [0.1, 0.15) is 0 Å². The van der Waals surface area contributed by atoms with Gasteiger partial charge in [0.2, 0.25) is 5.95 Å². The summed E-state index contributed by atoms with van der Waals surface area (Å²) >= 11 is 0. The average molecular weight is 141 g/mol. The molecule has 1 aromatic rings. The zero-order chi connectivity index (χ0) is 7.72. The van der Waals surface area contributed by atoms with Crippen molar-refractivity contribution >= 4 is 12.0 Å². The van der Waals surface area contributed by atoms with Crippen LogP contribution in [-0.2, 0) is 0 Å². The van der Waals surface area contributed by atoms with Gasteiger partial charge in [-0.05, 0) is 6.92 Å². The third kappa shape index (κ3) is 0.928. The van der Waals surface area contributed by atoms with Gasteiger partial charge in [-0.15, -0.1) is 0 Å². The predicted molar refractivity (Wildman–Crippen MR) is 34.8 cm³/mol. The van der Waals surface area contributed by atoms with E-state index in [1.165, 1.54) is 6.20 Å². The standard InChI is InChI=1S/C5H7N3O2/c1-3-2-8(5(9)10)4(6)7-3/h2H,1H3,(H2,6,7)(H,9,10). The number of imidazole rings is 1. The van der Waals surface area contributed by atoms with Crippen LogP contribution in [0.4, 0.5) is 10.7 Å². The van der Waals surface area contributed by atoms with Gasteiger partial charge in [-0.1, -0.05) is 0 Å². The molecule has 0 saturated heterocycles. The molecule has 5 heteroatoms. The summed E-state index contributed by atoms with van der Waals surface area (Å²) in [5.41, 5.74) is 5.81. The molecule has 0 fully saturated rings. The fraction of sp³-hybridized carbons (Fsp3) is 0.200. The zero-order valence-corrected chi connectivity index (χ0v) is 5.40. The van der Waals surface area contributed by atoms with Crippen molar-refractivity contribution in [1.29, 1.82) is 0 Å². The van der Waals surface area contributed by atoms with Crippen LogP contribution in [0.5, 0.6) is 0 Å². The van der Waals surface area contributed by atoms with Crippen LogP contribution in [-0.4, -0.2) is 20.8 Å². The van der Waals surface area contributed by atoms with Crippen LogP contribution >= 0.6 is 0 Å². The van der Waals surface area contributed by atoms with E-state index in [1.54, 1.807) is 6.92 Å². The Morgan fingerprint density at radius 3 is 2.70 bits per heavy atom. The Morgan fingerprint density at radius 1 is 1.90 bits per heavy atom. The van der Waals surface area contributed by atoms with Crippen molar-refractivity contribution in [2.24, 2.45) is 0 Å². The first-order valence-corrected chi connectivity index (χ1v) is 2.66. The summed E-state index contributed by atoms with van der Waals surface area (Å²) in [5.74, 6) is 0.00463. The quantitative estimate of drug-likeness (QED) is 0.544. The number of hydrogen-bond donors (Lipinski definition) is 2. The molecule has 10 heavy (non-hydrogen) atoms. The van der Waals surface area contributed by atoms with Gasteiger partial charge < -0.3 is 10.8 Å². The molecule has 0 aliphatic heterocycles. The Bertz CT molecular complexity index is 266. The van der Waals surface area contributed by atoms with Crippen LogP contribution in [0.1, 0.15) is 5.69 Å². The first kappa shape index (κ1) is 6.60. The third-order valence-electron chi connectivity index (χ3n) is 1.06. The van der Waals surface area contributed by atoms with Crippen molar-refractivity contribution in [2.75, 3.05) is 5.73 Å². The lowest BCUT2D eigenvalue weighted by molar-refractivity contribution is 0.197. The first-order valence-electron chi connectivity index (χ1n) is 2.66. The maximum atomic E-state index is 10.3. The minimum absolute atomic E-state index is 0.00463. The van der Waals surface area contributed by atoms with E-state index in [0.717, 1.165) is 4.57 Å². The van der Waals surface area contributed by atoms with Gasteiger partial charge in [-0.3, -0.25) is 0 Å². The van der Waals surface area contributed by atoms with E-state index in [0.29, 0.717) is 5.69 Å². The van der Waals surface area contributed by atoms with Gasteiger partial charge in [0.25, 0.3) is 0 Å². The van der Waals surface area contributed by atoms with E-state index in [4.69, 9.17) is 10.8 Å². The Balaban J connectivity index is 3.15. The number of nitrogen functional groups attached to an aromatic ring is 1. The molecule has 54 valence electrons. The van der Waals surface area contributed by atoms with Gasteiger partial charge in [-0.25, -0.2) is 14.3 Å². The van der Waals surface area contributed by atoms with Crippen molar-refractivity contribution < 1.29 is 9.90 Å². The smallest absolute Gasteiger partial charge is 0.418 e. The number of carbonyl (C=O) groups is 1. The highest BCUT2D eigenvalue weighted by molar-refractivity contribution is 5.71. The number of aryl methyl sites for hydroxylation is 1. The number of hydrogen-bond acceptors (Lipinski definition) is 3. The second-order valence-corrected chi connectivity index (χ2v) is 1.89. The summed E-state index contributed by atoms with van der Waals surface area (Å²) in [4.78, 5) is 14.0. The molecule has 0 radical (unpaired) electrons. The summed E-state index contributed by atoms with van der Waals surface area (Å²) < 4.78 is 0.870. The van der Waals surface area contributed by atoms with Crippen LogP contribution in [0.25, 0.3) is 0 Å². The molecule has 0 aliphatic rings. The Morgan fingerprint density at radius 2 is 2.50 bits per heavy atom. The van der Waals surface area contributed by atoms with Crippen LogP contribution in [0.2, 0.25) is 0 Å². The lowest BCUT2D eigenvalue weighted by Gasteiger charge is -1.92. The Hall–Kier alpha value is -1.52. The highest BCUT2D eigenvalue weighted by Crippen LogP contribution is 2.01. The number of carboxylic acid groups (broad SMARTS) is 1. The lowest BCUT2D eigenvalue weighted by atomic mass is 10.6. The normalized spacial score (nSPS) is 9.70. The van der Waals surface area contributed by atoms with Crippen LogP contribution in [0.3, 0.4) is 0 Å². The topological polar surface area (TPSA) is 81.1 Å². The van der Waals surface area contributed by atoms with Crippen LogP contribution in [0, 0.1) is 6.92 Å². The molecule has 1 heterocycles. The average Bonchev–Trinajstić information content (AvgIpc) is 2.10. The van der Waals surface area contributed by atoms with E-state index in [2.05, 4.69) is 4.98 Å². The fourth-order valence-corrected chi connectivity index (χ4v) is 0.670. The molecule has 0 atom stereocenters.